The molecule has 0 spiro atoms. The smallest absolute Gasteiger partial charge is 0.0242 e. The van der Waals surface area contributed by atoms with Crippen LogP contribution in [0.1, 0.15) is 16.0 Å². The topological polar surface area (TPSA) is 3.24 Å². The first-order valence-electron chi connectivity index (χ1n) is 5.50. The Morgan fingerprint density at radius 2 is 1.75 bits per heavy atom. The van der Waals surface area contributed by atoms with Gasteiger partial charge in [-0.3, -0.25) is 4.90 Å². The van der Waals surface area contributed by atoms with Gasteiger partial charge in [0.15, 0.2) is 0 Å². The van der Waals surface area contributed by atoms with E-state index in [2.05, 4.69) is 60.6 Å². The summed E-state index contributed by atoms with van der Waals surface area (Å²) in [6.45, 7) is 4.19. The van der Waals surface area contributed by atoms with Crippen LogP contribution < -0.4 is 0 Å². The molecule has 0 aliphatic rings. The van der Waals surface area contributed by atoms with E-state index >= 15 is 0 Å². The minimum absolute atomic E-state index is 1.01. The first kappa shape index (κ1) is 11.4. The summed E-state index contributed by atoms with van der Waals surface area (Å²) in [5, 5.41) is 2.25. The van der Waals surface area contributed by atoms with E-state index in [0.717, 1.165) is 13.1 Å². The minimum Gasteiger partial charge on any atom is -0.298 e. The summed E-state index contributed by atoms with van der Waals surface area (Å²) in [6, 6.07) is 12.9. The van der Waals surface area contributed by atoms with E-state index in [1.54, 1.807) is 0 Å². The van der Waals surface area contributed by atoms with Gasteiger partial charge < -0.3 is 0 Å². The molecule has 0 N–H and O–H groups in total. The zero-order valence-corrected chi connectivity index (χ0v) is 10.6. The number of hydrogen-bond acceptors (Lipinski definition) is 2. The first-order valence-corrected chi connectivity index (χ1v) is 6.38. The van der Waals surface area contributed by atoms with Crippen molar-refractivity contribution >= 4 is 11.3 Å². The zero-order valence-electron chi connectivity index (χ0n) is 9.81. The van der Waals surface area contributed by atoms with Crippen LogP contribution in [0.15, 0.2) is 41.8 Å². The number of nitrogens with zero attached hydrogens (tertiary/aromatic N) is 1. The van der Waals surface area contributed by atoms with Gasteiger partial charge in [0, 0.05) is 18.0 Å². The van der Waals surface area contributed by atoms with Crippen LogP contribution in [0.2, 0.25) is 0 Å². The Hall–Kier alpha value is -1.12. The summed E-state index contributed by atoms with van der Waals surface area (Å²) < 4.78 is 0. The minimum atomic E-state index is 1.01. The lowest BCUT2D eigenvalue weighted by Gasteiger charge is -2.15. The maximum absolute atomic E-state index is 2.34. The van der Waals surface area contributed by atoms with Crippen molar-refractivity contribution in [3.8, 4) is 0 Å². The highest BCUT2D eigenvalue weighted by Gasteiger charge is 2.02. The van der Waals surface area contributed by atoms with E-state index in [-0.39, 0.29) is 0 Å². The molecule has 0 bridgehead atoms. The predicted molar refractivity (Wildman–Crippen MR) is 70.7 cm³/mol. The van der Waals surface area contributed by atoms with Crippen molar-refractivity contribution in [2.24, 2.45) is 0 Å². The van der Waals surface area contributed by atoms with Crippen molar-refractivity contribution in [1.29, 1.82) is 0 Å². The van der Waals surface area contributed by atoms with Crippen LogP contribution in [0.3, 0.4) is 0 Å². The van der Waals surface area contributed by atoms with Crippen molar-refractivity contribution in [2.75, 3.05) is 7.05 Å². The molecule has 0 aliphatic carbocycles. The van der Waals surface area contributed by atoms with Gasteiger partial charge in [-0.2, -0.15) is 0 Å². The molecule has 0 unspecified atom stereocenters. The fourth-order valence-electron chi connectivity index (χ4n) is 1.84. The fraction of sp³-hybridized carbons (Fsp3) is 0.286. The molecule has 1 aromatic carbocycles. The van der Waals surface area contributed by atoms with Gasteiger partial charge in [-0.05, 0) is 36.5 Å². The maximum atomic E-state index is 2.34. The summed E-state index contributed by atoms with van der Waals surface area (Å²) in [6.07, 6.45) is 0. The van der Waals surface area contributed by atoms with Gasteiger partial charge in [-0.15, -0.1) is 11.3 Å². The van der Waals surface area contributed by atoms with Gasteiger partial charge in [0.1, 0.15) is 0 Å². The summed E-state index contributed by atoms with van der Waals surface area (Å²) in [5.41, 5.74) is 2.79. The van der Waals surface area contributed by atoms with Crippen LogP contribution in [0.4, 0.5) is 0 Å². The molecule has 2 rings (SSSR count). The Kier molecular flexibility index (Phi) is 3.75. The molecule has 0 amide bonds. The Balaban J connectivity index is 1.92. The standard InChI is InChI=1S/C14H17NS/c1-12-8-14(11-16-12)10-15(2)9-13-6-4-3-5-7-13/h3-8,11H,9-10H2,1-2H3. The van der Waals surface area contributed by atoms with E-state index < -0.39 is 0 Å². The molecule has 2 aromatic rings. The van der Waals surface area contributed by atoms with Crippen LogP contribution in [0.5, 0.6) is 0 Å². The van der Waals surface area contributed by atoms with Crippen LogP contribution in [0, 0.1) is 6.92 Å². The summed E-state index contributed by atoms with van der Waals surface area (Å²) in [5.74, 6) is 0. The molecule has 0 atom stereocenters. The Morgan fingerprint density at radius 1 is 1.06 bits per heavy atom. The van der Waals surface area contributed by atoms with E-state index in [1.807, 2.05) is 11.3 Å². The highest BCUT2D eigenvalue weighted by Crippen LogP contribution is 2.15. The van der Waals surface area contributed by atoms with Crippen LogP contribution in [0.25, 0.3) is 0 Å². The second-order valence-electron chi connectivity index (χ2n) is 4.22. The van der Waals surface area contributed by atoms with Crippen LogP contribution >= 0.6 is 11.3 Å². The Labute approximate surface area is 101 Å². The second-order valence-corrected chi connectivity index (χ2v) is 5.34. The van der Waals surface area contributed by atoms with E-state index in [0.29, 0.717) is 0 Å². The average Bonchev–Trinajstić information content (AvgIpc) is 2.65. The number of hydrogen-bond donors (Lipinski definition) is 0. The van der Waals surface area contributed by atoms with Crippen LogP contribution in [-0.4, -0.2) is 11.9 Å². The number of aryl methyl sites for hydroxylation is 1. The molecule has 0 saturated heterocycles. The predicted octanol–water partition coefficient (Wildman–Crippen LogP) is 3.69. The lowest BCUT2D eigenvalue weighted by molar-refractivity contribution is 0.319. The number of thiophene rings is 1. The molecule has 0 aliphatic heterocycles. The van der Waals surface area contributed by atoms with Gasteiger partial charge in [0.05, 0.1) is 0 Å². The Morgan fingerprint density at radius 3 is 2.38 bits per heavy atom. The summed E-state index contributed by atoms with van der Waals surface area (Å²) >= 11 is 1.83. The molecule has 1 heterocycles. The SMILES string of the molecule is Cc1cc(CN(C)Cc2ccccc2)cs1. The highest BCUT2D eigenvalue weighted by atomic mass is 32.1. The van der Waals surface area contributed by atoms with Crippen molar-refractivity contribution in [2.45, 2.75) is 20.0 Å². The maximum Gasteiger partial charge on any atom is 0.0242 e. The van der Waals surface area contributed by atoms with E-state index in [9.17, 15) is 0 Å². The number of rotatable bonds is 4. The molecular formula is C14H17NS. The molecule has 0 radical (unpaired) electrons. The second kappa shape index (κ2) is 5.28. The van der Waals surface area contributed by atoms with Gasteiger partial charge in [0.2, 0.25) is 0 Å². The summed E-state index contributed by atoms with van der Waals surface area (Å²) in [4.78, 5) is 3.74. The third-order valence-electron chi connectivity index (χ3n) is 2.53. The molecule has 0 saturated carbocycles. The largest absolute Gasteiger partial charge is 0.298 e. The molecule has 0 fully saturated rings. The van der Waals surface area contributed by atoms with E-state index in [4.69, 9.17) is 0 Å². The third kappa shape index (κ3) is 3.19. The normalized spacial score (nSPS) is 10.9. The summed E-state index contributed by atoms with van der Waals surface area (Å²) in [7, 11) is 2.17. The van der Waals surface area contributed by atoms with Gasteiger partial charge in [-0.25, -0.2) is 0 Å². The third-order valence-corrected chi connectivity index (χ3v) is 3.44. The fourth-order valence-corrected chi connectivity index (χ4v) is 2.54. The quantitative estimate of drug-likeness (QED) is 0.775. The first-order chi connectivity index (χ1) is 7.74. The molecule has 1 aromatic heterocycles. The molecule has 1 nitrogen and oxygen atoms in total. The molecule has 16 heavy (non-hydrogen) atoms. The lowest BCUT2D eigenvalue weighted by atomic mass is 10.2. The molecule has 84 valence electrons. The Bertz CT molecular complexity index is 433. The lowest BCUT2D eigenvalue weighted by Crippen LogP contribution is -2.16. The molecule has 2 heteroatoms. The van der Waals surface area contributed by atoms with Crippen molar-refractivity contribution in [1.82, 2.24) is 4.90 Å². The van der Waals surface area contributed by atoms with Gasteiger partial charge in [0.25, 0.3) is 0 Å². The number of benzene rings is 1. The van der Waals surface area contributed by atoms with Gasteiger partial charge >= 0.3 is 0 Å². The van der Waals surface area contributed by atoms with Crippen molar-refractivity contribution in [3.63, 3.8) is 0 Å². The monoisotopic (exact) mass is 231 g/mol. The average molecular weight is 231 g/mol. The highest BCUT2D eigenvalue weighted by molar-refractivity contribution is 7.10. The van der Waals surface area contributed by atoms with Crippen molar-refractivity contribution in [3.05, 3.63) is 57.8 Å². The van der Waals surface area contributed by atoms with Crippen LogP contribution in [-0.2, 0) is 13.1 Å². The zero-order chi connectivity index (χ0) is 11.4. The van der Waals surface area contributed by atoms with Gasteiger partial charge in [-0.1, -0.05) is 30.3 Å². The van der Waals surface area contributed by atoms with Crippen molar-refractivity contribution < 1.29 is 0 Å². The van der Waals surface area contributed by atoms with E-state index in [1.165, 1.54) is 16.0 Å². The molecular weight excluding hydrogens is 214 g/mol.